The molecule has 0 spiro atoms. The summed E-state index contributed by atoms with van der Waals surface area (Å²) in [5.41, 5.74) is 1.55. The second-order valence-electron chi connectivity index (χ2n) is 4.23. The molecule has 0 saturated carbocycles. The van der Waals surface area contributed by atoms with Gasteiger partial charge in [0.2, 0.25) is 0 Å². The minimum Gasteiger partial charge on any atom is -0.507 e. The summed E-state index contributed by atoms with van der Waals surface area (Å²) in [5.74, 6) is -0.0818. The normalized spacial score (nSPS) is 15.6. The van der Waals surface area contributed by atoms with E-state index < -0.39 is 0 Å². The van der Waals surface area contributed by atoms with E-state index in [1.807, 2.05) is 6.92 Å². The van der Waals surface area contributed by atoms with E-state index in [9.17, 15) is 9.90 Å². The average molecular weight is 296 g/mol. The van der Waals surface area contributed by atoms with Crippen LogP contribution in [0.15, 0.2) is 34.3 Å². The van der Waals surface area contributed by atoms with Crippen molar-refractivity contribution in [3.63, 3.8) is 0 Å². The Labute approximate surface area is 109 Å². The van der Waals surface area contributed by atoms with Crippen molar-refractivity contribution in [1.29, 1.82) is 0 Å². The number of phenols is 1. The molecule has 0 atom stereocenters. The Hall–Kier alpha value is -1.29. The number of phenolic OH excluding ortho intramolecular Hbond substituents is 1. The Bertz CT molecular complexity index is 482. The van der Waals surface area contributed by atoms with Crippen molar-refractivity contribution >= 4 is 21.8 Å². The van der Waals surface area contributed by atoms with E-state index in [1.54, 1.807) is 17.0 Å². The van der Waals surface area contributed by atoms with Gasteiger partial charge in [-0.25, -0.2) is 0 Å². The van der Waals surface area contributed by atoms with Gasteiger partial charge in [-0.1, -0.05) is 27.6 Å². The third-order valence-electron chi connectivity index (χ3n) is 2.81. The zero-order valence-electron chi connectivity index (χ0n) is 9.61. The van der Waals surface area contributed by atoms with Crippen LogP contribution in [0.5, 0.6) is 5.75 Å². The Morgan fingerprint density at radius 2 is 2.24 bits per heavy atom. The van der Waals surface area contributed by atoms with E-state index in [0.717, 1.165) is 10.9 Å². The summed E-state index contributed by atoms with van der Waals surface area (Å²) < 4.78 is 0.794. The number of nitrogens with zero attached hydrogens (tertiary/aromatic N) is 1. The predicted molar refractivity (Wildman–Crippen MR) is 70.1 cm³/mol. The largest absolute Gasteiger partial charge is 0.507 e. The van der Waals surface area contributed by atoms with Gasteiger partial charge in [0.05, 0.1) is 5.56 Å². The number of carbonyl (C=O) groups is 1. The van der Waals surface area contributed by atoms with E-state index in [1.165, 1.54) is 11.6 Å². The summed E-state index contributed by atoms with van der Waals surface area (Å²) in [6.45, 7) is 3.37. The zero-order chi connectivity index (χ0) is 12.4. The maximum absolute atomic E-state index is 12.2. The van der Waals surface area contributed by atoms with Gasteiger partial charge in [-0.15, -0.1) is 0 Å². The van der Waals surface area contributed by atoms with Crippen LogP contribution in [-0.2, 0) is 0 Å². The minimum absolute atomic E-state index is 0.0328. The van der Waals surface area contributed by atoms with E-state index in [0.29, 0.717) is 18.7 Å². The monoisotopic (exact) mass is 295 g/mol. The molecule has 17 heavy (non-hydrogen) atoms. The van der Waals surface area contributed by atoms with Crippen molar-refractivity contribution in [2.45, 2.75) is 13.3 Å². The fraction of sp³-hybridized carbons (Fsp3) is 0.308. The highest BCUT2D eigenvalue weighted by molar-refractivity contribution is 9.10. The Balaban J connectivity index is 2.25. The maximum Gasteiger partial charge on any atom is 0.257 e. The first-order valence-corrected chi connectivity index (χ1v) is 6.30. The second kappa shape index (κ2) is 4.92. The molecule has 1 aromatic rings. The van der Waals surface area contributed by atoms with Crippen molar-refractivity contribution in [2.75, 3.05) is 13.1 Å². The van der Waals surface area contributed by atoms with Gasteiger partial charge in [0.25, 0.3) is 5.91 Å². The van der Waals surface area contributed by atoms with Crippen LogP contribution in [0, 0.1) is 0 Å². The Morgan fingerprint density at radius 3 is 2.94 bits per heavy atom. The molecule has 2 rings (SSSR count). The fourth-order valence-electron chi connectivity index (χ4n) is 1.93. The Kier molecular flexibility index (Phi) is 3.52. The molecule has 1 heterocycles. The van der Waals surface area contributed by atoms with Crippen LogP contribution < -0.4 is 0 Å². The summed E-state index contributed by atoms with van der Waals surface area (Å²) in [5, 5.41) is 9.72. The minimum atomic E-state index is -0.115. The lowest BCUT2D eigenvalue weighted by molar-refractivity contribution is 0.0763. The van der Waals surface area contributed by atoms with Crippen LogP contribution in [0.1, 0.15) is 23.7 Å². The van der Waals surface area contributed by atoms with Crippen LogP contribution in [-0.4, -0.2) is 29.0 Å². The maximum atomic E-state index is 12.2. The van der Waals surface area contributed by atoms with E-state index >= 15 is 0 Å². The first kappa shape index (κ1) is 12.2. The molecule has 3 nitrogen and oxygen atoms in total. The molecule has 0 bridgehead atoms. The molecule has 1 N–H and O–H groups in total. The number of carbonyl (C=O) groups excluding carboxylic acids is 1. The number of aromatic hydroxyl groups is 1. The molecule has 90 valence electrons. The number of benzene rings is 1. The SMILES string of the molecule is CC1=CCCN(C(=O)c2cc(Br)ccc2O)C1. The van der Waals surface area contributed by atoms with Crippen LogP contribution in [0.25, 0.3) is 0 Å². The molecule has 1 aliphatic heterocycles. The summed E-state index contributed by atoms with van der Waals surface area (Å²) in [6, 6.07) is 4.91. The number of hydrogen-bond acceptors (Lipinski definition) is 2. The summed E-state index contributed by atoms with van der Waals surface area (Å²) in [7, 11) is 0. The summed E-state index contributed by atoms with van der Waals surface area (Å²) >= 11 is 3.31. The highest BCUT2D eigenvalue weighted by Crippen LogP contribution is 2.24. The molecule has 0 unspecified atom stereocenters. The van der Waals surface area contributed by atoms with Crippen LogP contribution in [0.2, 0.25) is 0 Å². The average Bonchev–Trinajstić information content (AvgIpc) is 2.31. The molecule has 1 aromatic carbocycles. The highest BCUT2D eigenvalue weighted by Gasteiger charge is 2.20. The predicted octanol–water partition coefficient (Wildman–Crippen LogP) is 2.95. The van der Waals surface area contributed by atoms with Crippen molar-refractivity contribution < 1.29 is 9.90 Å². The lowest BCUT2D eigenvalue weighted by Crippen LogP contribution is -2.35. The van der Waals surface area contributed by atoms with Crippen molar-refractivity contribution in [1.82, 2.24) is 4.90 Å². The highest BCUT2D eigenvalue weighted by atomic mass is 79.9. The first-order valence-electron chi connectivity index (χ1n) is 5.51. The second-order valence-corrected chi connectivity index (χ2v) is 5.14. The molecule has 1 aliphatic rings. The molecule has 1 amide bonds. The number of hydrogen-bond donors (Lipinski definition) is 1. The standard InChI is InChI=1S/C13H14BrNO2/c1-9-3-2-6-15(8-9)13(17)11-7-10(14)4-5-12(11)16/h3-5,7,16H,2,6,8H2,1H3. The van der Waals surface area contributed by atoms with Gasteiger partial charge in [0.1, 0.15) is 5.75 Å². The van der Waals surface area contributed by atoms with Crippen LogP contribution in [0.4, 0.5) is 0 Å². The molecule has 4 heteroatoms. The van der Waals surface area contributed by atoms with E-state index in [2.05, 4.69) is 22.0 Å². The van der Waals surface area contributed by atoms with Crippen LogP contribution >= 0.6 is 15.9 Å². The van der Waals surface area contributed by atoms with E-state index in [-0.39, 0.29) is 11.7 Å². The van der Waals surface area contributed by atoms with Gasteiger partial charge in [0.15, 0.2) is 0 Å². The number of rotatable bonds is 1. The van der Waals surface area contributed by atoms with Gasteiger partial charge in [-0.3, -0.25) is 4.79 Å². The van der Waals surface area contributed by atoms with Gasteiger partial charge >= 0.3 is 0 Å². The molecule has 0 radical (unpaired) electrons. The smallest absolute Gasteiger partial charge is 0.257 e. The van der Waals surface area contributed by atoms with Crippen molar-refractivity contribution in [3.05, 3.63) is 39.9 Å². The van der Waals surface area contributed by atoms with Gasteiger partial charge in [-0.05, 0) is 31.5 Å². The van der Waals surface area contributed by atoms with E-state index in [4.69, 9.17) is 0 Å². The van der Waals surface area contributed by atoms with Gasteiger partial charge in [0, 0.05) is 17.6 Å². The lowest BCUT2D eigenvalue weighted by Gasteiger charge is -2.26. The lowest BCUT2D eigenvalue weighted by atomic mass is 10.1. The molecule has 0 saturated heterocycles. The molecular formula is C13H14BrNO2. The number of halogens is 1. The van der Waals surface area contributed by atoms with Crippen molar-refractivity contribution in [3.8, 4) is 5.75 Å². The summed E-state index contributed by atoms with van der Waals surface area (Å²) in [6.07, 6.45) is 3.02. The molecule has 0 aromatic heterocycles. The molecule has 0 fully saturated rings. The third-order valence-corrected chi connectivity index (χ3v) is 3.30. The summed E-state index contributed by atoms with van der Waals surface area (Å²) in [4.78, 5) is 14.0. The zero-order valence-corrected chi connectivity index (χ0v) is 11.2. The van der Waals surface area contributed by atoms with Gasteiger partial charge < -0.3 is 10.0 Å². The van der Waals surface area contributed by atoms with Crippen LogP contribution in [0.3, 0.4) is 0 Å². The fourth-order valence-corrected chi connectivity index (χ4v) is 2.30. The Morgan fingerprint density at radius 1 is 1.47 bits per heavy atom. The topological polar surface area (TPSA) is 40.5 Å². The molecular weight excluding hydrogens is 282 g/mol. The number of amides is 1. The van der Waals surface area contributed by atoms with Gasteiger partial charge in [-0.2, -0.15) is 0 Å². The van der Waals surface area contributed by atoms with Crippen molar-refractivity contribution in [2.24, 2.45) is 0 Å². The third kappa shape index (κ3) is 2.69. The quantitative estimate of drug-likeness (QED) is 0.809. The molecule has 0 aliphatic carbocycles. The first-order chi connectivity index (χ1) is 8.08.